The highest BCUT2D eigenvalue weighted by molar-refractivity contribution is 7.80. The third-order valence-corrected chi connectivity index (χ3v) is 4.47. The molecule has 0 saturated carbocycles. The van der Waals surface area contributed by atoms with Crippen LogP contribution in [0.5, 0.6) is 5.75 Å². The number of unbranched alkanes of at least 4 members (excludes halogenated alkanes) is 2. The van der Waals surface area contributed by atoms with Crippen molar-refractivity contribution in [3.8, 4) is 5.75 Å². The van der Waals surface area contributed by atoms with Crippen LogP contribution in [0.3, 0.4) is 0 Å². The van der Waals surface area contributed by atoms with Gasteiger partial charge in [-0.2, -0.15) is 0 Å². The summed E-state index contributed by atoms with van der Waals surface area (Å²) in [5.41, 5.74) is 5.38. The largest absolute Gasteiger partial charge is 0.494 e. The van der Waals surface area contributed by atoms with Crippen LogP contribution in [0.15, 0.2) is 41.8 Å². The van der Waals surface area contributed by atoms with Crippen LogP contribution in [-0.4, -0.2) is 23.5 Å². The van der Waals surface area contributed by atoms with Crippen LogP contribution in [0, 0.1) is 0 Å². The average Bonchev–Trinajstić information content (AvgIpc) is 3.18. The summed E-state index contributed by atoms with van der Waals surface area (Å²) in [7, 11) is 0. The van der Waals surface area contributed by atoms with Crippen molar-refractivity contribution in [1.29, 1.82) is 0 Å². The molecule has 26 heavy (non-hydrogen) atoms. The summed E-state index contributed by atoms with van der Waals surface area (Å²) in [6.45, 7) is 2.80. The summed E-state index contributed by atoms with van der Waals surface area (Å²) < 4.78 is 5.61. The van der Waals surface area contributed by atoms with Crippen LogP contribution in [-0.2, 0) is 0 Å². The van der Waals surface area contributed by atoms with Gasteiger partial charge >= 0.3 is 0 Å². The van der Waals surface area contributed by atoms with Crippen LogP contribution < -0.4 is 20.9 Å². The molecule has 0 fully saturated rings. The number of benzene rings is 1. The minimum Gasteiger partial charge on any atom is -0.494 e. The van der Waals surface area contributed by atoms with E-state index in [-0.39, 0.29) is 16.9 Å². The maximum atomic E-state index is 12.1. The molecule has 0 aliphatic heterocycles. The van der Waals surface area contributed by atoms with Gasteiger partial charge in [-0.1, -0.05) is 25.8 Å². The Labute approximate surface area is 161 Å². The molecule has 0 aliphatic rings. The number of nitrogens with one attached hydrogen (secondary N) is 3. The molecule has 0 aliphatic carbocycles. The first kappa shape index (κ1) is 19.9. The van der Waals surface area contributed by atoms with E-state index in [1.54, 1.807) is 41.8 Å². The molecule has 0 unspecified atom stereocenters. The lowest BCUT2D eigenvalue weighted by molar-refractivity contribution is 0.0938. The van der Waals surface area contributed by atoms with Crippen molar-refractivity contribution in [1.82, 2.24) is 16.2 Å². The van der Waals surface area contributed by atoms with Crippen molar-refractivity contribution in [3.63, 3.8) is 0 Å². The van der Waals surface area contributed by atoms with Crippen molar-refractivity contribution in [2.45, 2.75) is 26.2 Å². The van der Waals surface area contributed by atoms with Crippen LogP contribution >= 0.6 is 23.6 Å². The van der Waals surface area contributed by atoms with Crippen molar-refractivity contribution < 1.29 is 14.3 Å². The van der Waals surface area contributed by atoms with E-state index in [1.807, 2.05) is 0 Å². The Morgan fingerprint density at radius 3 is 2.50 bits per heavy atom. The number of carbonyl (C=O) groups is 2. The van der Waals surface area contributed by atoms with Gasteiger partial charge in [-0.05, 0) is 54.4 Å². The maximum absolute atomic E-state index is 12.1. The molecule has 6 nitrogen and oxygen atoms in total. The molecular formula is C18H21N3O3S2. The van der Waals surface area contributed by atoms with E-state index in [4.69, 9.17) is 17.0 Å². The molecule has 1 aromatic carbocycles. The van der Waals surface area contributed by atoms with Crippen molar-refractivity contribution in [3.05, 3.63) is 52.2 Å². The lowest BCUT2D eigenvalue weighted by Crippen LogP contribution is -2.48. The summed E-state index contributed by atoms with van der Waals surface area (Å²) in [6.07, 6.45) is 3.29. The molecule has 138 valence electrons. The minimum atomic E-state index is -0.370. The van der Waals surface area contributed by atoms with Gasteiger partial charge in [0.1, 0.15) is 5.75 Å². The first-order valence-electron chi connectivity index (χ1n) is 8.28. The van der Waals surface area contributed by atoms with E-state index in [0.717, 1.165) is 25.0 Å². The van der Waals surface area contributed by atoms with Crippen molar-refractivity contribution >= 4 is 40.5 Å². The van der Waals surface area contributed by atoms with E-state index < -0.39 is 0 Å². The lowest BCUT2D eigenvalue weighted by atomic mass is 10.2. The Morgan fingerprint density at radius 2 is 1.85 bits per heavy atom. The fourth-order valence-electron chi connectivity index (χ4n) is 2.03. The Balaban J connectivity index is 1.75. The normalized spacial score (nSPS) is 10.0. The van der Waals surface area contributed by atoms with Gasteiger partial charge in [-0.3, -0.25) is 25.8 Å². The second-order valence-electron chi connectivity index (χ2n) is 5.42. The lowest BCUT2D eigenvalue weighted by Gasteiger charge is -2.10. The zero-order valence-electron chi connectivity index (χ0n) is 14.4. The van der Waals surface area contributed by atoms with Crippen molar-refractivity contribution in [2.75, 3.05) is 6.61 Å². The van der Waals surface area contributed by atoms with E-state index in [2.05, 4.69) is 23.1 Å². The predicted octanol–water partition coefficient (Wildman–Crippen LogP) is 3.27. The monoisotopic (exact) mass is 391 g/mol. The van der Waals surface area contributed by atoms with Crippen LogP contribution in [0.2, 0.25) is 0 Å². The predicted molar refractivity (Wildman–Crippen MR) is 106 cm³/mol. The smallest absolute Gasteiger partial charge is 0.279 e. The fraction of sp³-hybridized carbons (Fsp3) is 0.278. The number of rotatable bonds is 7. The summed E-state index contributed by atoms with van der Waals surface area (Å²) >= 11 is 6.32. The van der Waals surface area contributed by atoms with E-state index in [9.17, 15) is 9.59 Å². The quantitative estimate of drug-likeness (QED) is 0.384. The van der Waals surface area contributed by atoms with E-state index in [0.29, 0.717) is 17.0 Å². The molecule has 2 rings (SSSR count). The van der Waals surface area contributed by atoms with Gasteiger partial charge in [0.15, 0.2) is 5.11 Å². The summed E-state index contributed by atoms with van der Waals surface area (Å²) in [4.78, 5) is 24.5. The van der Waals surface area contributed by atoms with E-state index >= 15 is 0 Å². The number of amides is 2. The highest BCUT2D eigenvalue weighted by atomic mass is 32.1. The first-order valence-corrected chi connectivity index (χ1v) is 9.57. The Hall–Kier alpha value is -2.45. The number of thiophene rings is 1. The van der Waals surface area contributed by atoms with Crippen molar-refractivity contribution in [2.24, 2.45) is 0 Å². The molecule has 0 bridgehead atoms. The summed E-state index contributed by atoms with van der Waals surface area (Å²) in [5, 5.41) is 4.32. The maximum Gasteiger partial charge on any atom is 0.279 e. The van der Waals surface area contributed by atoms with Crippen LogP contribution in [0.1, 0.15) is 46.2 Å². The molecule has 8 heteroatoms. The molecule has 1 aromatic heterocycles. The molecule has 0 saturated heterocycles. The van der Waals surface area contributed by atoms with Gasteiger partial charge in [-0.25, -0.2) is 0 Å². The van der Waals surface area contributed by atoms with Gasteiger partial charge in [0, 0.05) is 5.56 Å². The minimum absolute atomic E-state index is 0.0137. The topological polar surface area (TPSA) is 79.5 Å². The number of ether oxygens (including phenoxy) is 1. The Morgan fingerprint density at radius 1 is 1.08 bits per heavy atom. The number of hydrogen-bond acceptors (Lipinski definition) is 5. The van der Waals surface area contributed by atoms with E-state index in [1.165, 1.54) is 11.3 Å². The second-order valence-corrected chi connectivity index (χ2v) is 6.78. The van der Waals surface area contributed by atoms with Gasteiger partial charge in [0.2, 0.25) is 0 Å². The second kappa shape index (κ2) is 10.5. The fourth-order valence-corrected chi connectivity index (χ4v) is 2.80. The van der Waals surface area contributed by atoms with Gasteiger partial charge < -0.3 is 4.74 Å². The zero-order chi connectivity index (χ0) is 18.8. The SMILES string of the molecule is CCCCCOc1ccc(C(=O)NC(=S)NNC(=O)c2cccs2)cc1. The number of thiocarbonyl (C=S) groups is 1. The van der Waals surface area contributed by atoms with Gasteiger partial charge in [0.05, 0.1) is 11.5 Å². The molecule has 0 atom stereocenters. The van der Waals surface area contributed by atoms with Crippen LogP contribution in [0.4, 0.5) is 0 Å². The Bertz CT molecular complexity index is 731. The Kier molecular flexibility index (Phi) is 8.04. The molecule has 3 N–H and O–H groups in total. The number of hydrazine groups is 1. The number of carbonyl (C=O) groups excluding carboxylic acids is 2. The molecule has 0 spiro atoms. The third-order valence-electron chi connectivity index (χ3n) is 3.39. The molecule has 1 heterocycles. The number of hydrogen-bond donors (Lipinski definition) is 3. The van der Waals surface area contributed by atoms with Gasteiger partial charge in [-0.15, -0.1) is 11.3 Å². The highest BCUT2D eigenvalue weighted by Gasteiger charge is 2.10. The average molecular weight is 392 g/mol. The summed E-state index contributed by atoms with van der Waals surface area (Å²) in [6, 6.07) is 10.3. The summed E-state index contributed by atoms with van der Waals surface area (Å²) in [5.74, 6) is 0.0353. The highest BCUT2D eigenvalue weighted by Crippen LogP contribution is 2.13. The first-order chi connectivity index (χ1) is 12.6. The van der Waals surface area contributed by atoms with Crippen LogP contribution in [0.25, 0.3) is 0 Å². The molecule has 2 amide bonds. The standard InChI is InChI=1S/C18H21N3O3S2/c1-2-3-4-11-24-14-9-7-13(8-10-14)16(22)19-18(25)21-20-17(23)15-6-5-12-26-15/h5-10,12H,2-4,11H2,1H3,(H,20,23)(H2,19,21,22,25). The molecular weight excluding hydrogens is 370 g/mol. The molecule has 0 radical (unpaired) electrons. The zero-order valence-corrected chi connectivity index (χ0v) is 16.0. The third kappa shape index (κ3) is 6.45. The molecule has 2 aromatic rings. The van der Waals surface area contributed by atoms with Gasteiger partial charge in [0.25, 0.3) is 11.8 Å².